The van der Waals surface area contributed by atoms with Crippen molar-refractivity contribution in [3.8, 4) is 0 Å². The molecule has 0 aliphatic carbocycles. The molecule has 8 nitrogen and oxygen atoms in total. The van der Waals surface area contributed by atoms with Crippen molar-refractivity contribution in [2.24, 2.45) is 4.99 Å². The van der Waals surface area contributed by atoms with Crippen molar-refractivity contribution in [3.05, 3.63) is 41.0 Å². The van der Waals surface area contributed by atoms with Crippen LogP contribution in [0.15, 0.2) is 46.0 Å². The third-order valence-electron chi connectivity index (χ3n) is 4.91. The van der Waals surface area contributed by atoms with Crippen molar-refractivity contribution in [2.45, 2.75) is 13.8 Å². The molecule has 158 valence electrons. The molecule has 30 heavy (non-hydrogen) atoms. The lowest BCUT2D eigenvalue weighted by molar-refractivity contribution is -0.129. The summed E-state index contributed by atoms with van der Waals surface area (Å²) in [5, 5.41) is 4.20. The highest BCUT2D eigenvalue weighted by molar-refractivity contribution is 9.10. The molecule has 9 heteroatoms. The summed E-state index contributed by atoms with van der Waals surface area (Å²) in [7, 11) is 1.76. The number of rotatable bonds is 6. The first-order valence-electron chi connectivity index (χ1n) is 9.74. The Kier molecular flexibility index (Phi) is 7.15. The molecule has 1 fully saturated rings. The number of hydrogen-bond acceptors (Lipinski definition) is 7. The molecule has 0 bridgehead atoms. The van der Waals surface area contributed by atoms with Gasteiger partial charge in [0.05, 0.1) is 5.39 Å². The summed E-state index contributed by atoms with van der Waals surface area (Å²) < 4.78 is 0.859. The van der Waals surface area contributed by atoms with Crippen molar-refractivity contribution >= 4 is 50.3 Å². The standard InChI is InChI=1S/C21H26BrN7O/c1-14(5-6-15(2)23-4)12-24-19-18-11-17(22)13-25-20(18)27-21(26-19)29-9-7-28(8-10-29)16(3)30/h5-6,11,13H,1,7-10,12H2,2-4H3,(H,24,25,26,27)/b6-5-,23-15?. The minimum atomic E-state index is 0.0953. The van der Waals surface area contributed by atoms with Gasteiger partial charge >= 0.3 is 0 Å². The summed E-state index contributed by atoms with van der Waals surface area (Å²) in [4.78, 5) is 33.5. The van der Waals surface area contributed by atoms with E-state index in [0.717, 1.165) is 21.1 Å². The number of amides is 1. The second-order valence-corrected chi connectivity index (χ2v) is 8.02. The van der Waals surface area contributed by atoms with E-state index in [1.165, 1.54) is 0 Å². The van der Waals surface area contributed by atoms with Gasteiger partial charge in [-0.3, -0.25) is 9.79 Å². The summed E-state index contributed by atoms with van der Waals surface area (Å²) in [5.41, 5.74) is 2.46. The Morgan fingerprint density at radius 3 is 2.67 bits per heavy atom. The average molecular weight is 472 g/mol. The van der Waals surface area contributed by atoms with E-state index in [1.807, 2.05) is 30.0 Å². The van der Waals surface area contributed by atoms with Gasteiger partial charge in [0.1, 0.15) is 5.82 Å². The Balaban J connectivity index is 1.83. The number of carbonyl (C=O) groups is 1. The number of halogens is 1. The van der Waals surface area contributed by atoms with E-state index in [4.69, 9.17) is 4.98 Å². The molecule has 1 aliphatic heterocycles. The number of pyridine rings is 1. The molecule has 3 rings (SSSR count). The Bertz CT molecular complexity index is 1010. The Morgan fingerprint density at radius 1 is 1.27 bits per heavy atom. The van der Waals surface area contributed by atoms with E-state index in [9.17, 15) is 4.79 Å². The molecule has 1 saturated heterocycles. The fourth-order valence-electron chi connectivity index (χ4n) is 3.04. The highest BCUT2D eigenvalue weighted by atomic mass is 79.9. The van der Waals surface area contributed by atoms with Crippen LogP contribution in [-0.2, 0) is 4.79 Å². The van der Waals surface area contributed by atoms with Crippen LogP contribution in [0.5, 0.6) is 0 Å². The van der Waals surface area contributed by atoms with Crippen LogP contribution >= 0.6 is 15.9 Å². The molecule has 1 N–H and O–H groups in total. The molecule has 2 aromatic heterocycles. The zero-order chi connectivity index (χ0) is 21.7. The van der Waals surface area contributed by atoms with Gasteiger partial charge in [-0.25, -0.2) is 4.98 Å². The van der Waals surface area contributed by atoms with Gasteiger partial charge in [0, 0.05) is 63.1 Å². The maximum absolute atomic E-state index is 11.6. The molecule has 1 aliphatic rings. The van der Waals surface area contributed by atoms with E-state index in [1.54, 1.807) is 20.2 Å². The van der Waals surface area contributed by atoms with Crippen molar-refractivity contribution in [3.63, 3.8) is 0 Å². The first-order valence-corrected chi connectivity index (χ1v) is 10.5. The van der Waals surface area contributed by atoms with Crippen LogP contribution in [-0.4, -0.2) is 71.2 Å². The fourth-order valence-corrected chi connectivity index (χ4v) is 3.37. The SMILES string of the molecule is C=C(/C=C\C(C)=NC)CNc1nc(N2CCN(C(C)=O)CC2)nc2ncc(Br)cc12. The van der Waals surface area contributed by atoms with E-state index in [2.05, 4.69) is 47.7 Å². The molecule has 1 amide bonds. The number of aromatic nitrogens is 3. The predicted octanol–water partition coefficient (Wildman–Crippen LogP) is 3.07. The predicted molar refractivity (Wildman–Crippen MR) is 125 cm³/mol. The quantitative estimate of drug-likeness (QED) is 0.514. The largest absolute Gasteiger partial charge is 0.365 e. The first-order chi connectivity index (χ1) is 14.4. The van der Waals surface area contributed by atoms with Crippen LogP contribution in [0.4, 0.5) is 11.8 Å². The number of nitrogens with zero attached hydrogens (tertiary/aromatic N) is 6. The van der Waals surface area contributed by atoms with Crippen molar-refractivity contribution in [1.82, 2.24) is 19.9 Å². The molecule has 3 heterocycles. The zero-order valence-electron chi connectivity index (χ0n) is 17.5. The van der Waals surface area contributed by atoms with Crippen LogP contribution < -0.4 is 10.2 Å². The highest BCUT2D eigenvalue weighted by Crippen LogP contribution is 2.25. The van der Waals surface area contributed by atoms with Gasteiger partial charge in [-0.2, -0.15) is 9.97 Å². The van der Waals surface area contributed by atoms with E-state index in [-0.39, 0.29) is 5.91 Å². The van der Waals surface area contributed by atoms with Gasteiger partial charge in [-0.1, -0.05) is 12.7 Å². The number of nitrogens with one attached hydrogen (secondary N) is 1. The second-order valence-electron chi connectivity index (χ2n) is 7.10. The van der Waals surface area contributed by atoms with Gasteiger partial charge < -0.3 is 15.1 Å². The molecule has 0 spiro atoms. The number of aliphatic imine (C=N–C) groups is 1. The van der Waals surface area contributed by atoms with Crippen molar-refractivity contribution < 1.29 is 4.79 Å². The summed E-state index contributed by atoms with van der Waals surface area (Å²) in [6.45, 7) is 10.9. The van der Waals surface area contributed by atoms with Crippen LogP contribution in [0.25, 0.3) is 11.0 Å². The molecule has 0 unspecified atom stereocenters. The van der Waals surface area contributed by atoms with Gasteiger partial charge in [0.2, 0.25) is 11.9 Å². The monoisotopic (exact) mass is 471 g/mol. The number of allylic oxidation sites excluding steroid dienone is 1. The molecule has 0 aromatic carbocycles. The molecule has 0 saturated carbocycles. The molecule has 2 aromatic rings. The Hall–Kier alpha value is -2.81. The van der Waals surface area contributed by atoms with Gasteiger partial charge in [-0.05, 0) is 40.6 Å². The van der Waals surface area contributed by atoms with Crippen molar-refractivity contribution in [1.29, 1.82) is 0 Å². The van der Waals surface area contributed by atoms with Crippen LogP contribution in [0.3, 0.4) is 0 Å². The summed E-state index contributed by atoms with van der Waals surface area (Å²) >= 11 is 3.47. The molecule has 0 atom stereocenters. The van der Waals surface area contributed by atoms with E-state index in [0.29, 0.717) is 50.1 Å². The first kappa shape index (κ1) is 21.9. The lowest BCUT2D eigenvalue weighted by Crippen LogP contribution is -2.48. The van der Waals surface area contributed by atoms with Crippen molar-refractivity contribution in [2.75, 3.05) is 50.0 Å². The lowest BCUT2D eigenvalue weighted by atomic mass is 10.2. The van der Waals surface area contributed by atoms with Crippen LogP contribution in [0.2, 0.25) is 0 Å². The molecular formula is C21H26BrN7O. The molecular weight excluding hydrogens is 446 g/mol. The third-order valence-corrected chi connectivity index (χ3v) is 5.34. The topological polar surface area (TPSA) is 86.6 Å². The van der Waals surface area contributed by atoms with Gasteiger partial charge in [0.25, 0.3) is 0 Å². The van der Waals surface area contributed by atoms with E-state index < -0.39 is 0 Å². The van der Waals surface area contributed by atoms with Gasteiger partial charge in [-0.15, -0.1) is 0 Å². The fraction of sp³-hybridized carbons (Fsp3) is 0.381. The average Bonchev–Trinajstić information content (AvgIpc) is 2.75. The smallest absolute Gasteiger partial charge is 0.229 e. The van der Waals surface area contributed by atoms with E-state index >= 15 is 0 Å². The third kappa shape index (κ3) is 5.41. The summed E-state index contributed by atoms with van der Waals surface area (Å²) in [6.07, 6.45) is 5.60. The number of anilines is 2. The number of hydrogen-bond donors (Lipinski definition) is 1. The van der Waals surface area contributed by atoms with Crippen LogP contribution in [0, 0.1) is 0 Å². The zero-order valence-corrected chi connectivity index (χ0v) is 19.1. The number of piperazine rings is 1. The maximum atomic E-state index is 11.6. The molecule has 0 radical (unpaired) electrons. The highest BCUT2D eigenvalue weighted by Gasteiger charge is 2.22. The Morgan fingerprint density at radius 2 is 2.00 bits per heavy atom. The summed E-state index contributed by atoms with van der Waals surface area (Å²) in [6, 6.07) is 1.95. The second kappa shape index (κ2) is 9.80. The number of carbonyl (C=O) groups excluding carboxylic acids is 1. The minimum absolute atomic E-state index is 0.0953. The Labute approximate surface area is 184 Å². The van der Waals surface area contributed by atoms with Gasteiger partial charge in [0.15, 0.2) is 5.65 Å². The van der Waals surface area contributed by atoms with Crippen LogP contribution in [0.1, 0.15) is 13.8 Å². The normalized spacial score (nSPS) is 15.1. The summed E-state index contributed by atoms with van der Waals surface area (Å²) in [5.74, 6) is 1.41. The maximum Gasteiger partial charge on any atom is 0.229 e. The lowest BCUT2D eigenvalue weighted by Gasteiger charge is -2.34. The number of fused-ring (bicyclic) bond motifs is 1. The minimum Gasteiger partial charge on any atom is -0.365 e.